The Morgan fingerprint density at radius 2 is 2.36 bits per heavy atom. The zero-order chi connectivity index (χ0) is 10.6. The van der Waals surface area contributed by atoms with E-state index in [1.54, 1.807) is 0 Å². The van der Waals surface area contributed by atoms with Crippen LogP contribution < -0.4 is 10.6 Å². The minimum Gasteiger partial charge on any atom is -0.363 e. The van der Waals surface area contributed by atoms with Gasteiger partial charge < -0.3 is 15.2 Å². The van der Waals surface area contributed by atoms with E-state index in [1.165, 1.54) is 12.5 Å². The lowest BCUT2D eigenvalue weighted by atomic mass is 10.0. The van der Waals surface area contributed by atoms with Crippen molar-refractivity contribution in [1.82, 2.24) is 10.5 Å². The second kappa shape index (κ2) is 4.23. The van der Waals surface area contributed by atoms with Crippen LogP contribution in [-0.2, 0) is 4.79 Å². The third-order valence-electron chi connectivity index (χ3n) is 1.88. The van der Waals surface area contributed by atoms with Crippen molar-refractivity contribution in [3.8, 4) is 0 Å². The maximum Gasteiger partial charge on any atom is 0.244 e. The summed E-state index contributed by atoms with van der Waals surface area (Å²) in [5.74, 6) is -0.109. The molecule has 1 amide bonds. The van der Waals surface area contributed by atoms with Crippen molar-refractivity contribution in [2.24, 2.45) is 0 Å². The third kappa shape index (κ3) is 2.56. The van der Waals surface area contributed by atoms with Crippen LogP contribution in [0.15, 0.2) is 17.0 Å². The van der Waals surface area contributed by atoms with Crippen LogP contribution in [0, 0.1) is 0 Å². The minimum absolute atomic E-state index is 0.109. The Morgan fingerprint density at radius 1 is 1.64 bits per heavy atom. The SMILES string of the molecule is CCNC(C)(C)C(=O)Nc1cnoc1. The highest BCUT2D eigenvalue weighted by Gasteiger charge is 2.26. The van der Waals surface area contributed by atoms with Gasteiger partial charge in [0.1, 0.15) is 12.0 Å². The first-order valence-corrected chi connectivity index (χ1v) is 4.52. The van der Waals surface area contributed by atoms with E-state index in [0.29, 0.717) is 5.69 Å². The van der Waals surface area contributed by atoms with E-state index in [-0.39, 0.29) is 5.91 Å². The molecule has 1 aromatic rings. The van der Waals surface area contributed by atoms with Crippen molar-refractivity contribution in [2.45, 2.75) is 26.3 Å². The van der Waals surface area contributed by atoms with Crippen molar-refractivity contribution < 1.29 is 9.32 Å². The van der Waals surface area contributed by atoms with Crippen LogP contribution in [0.4, 0.5) is 5.69 Å². The molecule has 0 aliphatic heterocycles. The zero-order valence-corrected chi connectivity index (χ0v) is 8.63. The van der Waals surface area contributed by atoms with Crippen LogP contribution in [-0.4, -0.2) is 23.1 Å². The van der Waals surface area contributed by atoms with Gasteiger partial charge in [-0.2, -0.15) is 0 Å². The predicted molar refractivity (Wildman–Crippen MR) is 52.9 cm³/mol. The number of aromatic nitrogens is 1. The van der Waals surface area contributed by atoms with Crippen LogP contribution in [0.5, 0.6) is 0 Å². The van der Waals surface area contributed by atoms with Gasteiger partial charge in [0.25, 0.3) is 0 Å². The Balaban J connectivity index is 2.57. The monoisotopic (exact) mass is 197 g/mol. The Kier molecular flexibility index (Phi) is 3.24. The molecule has 0 fully saturated rings. The Labute approximate surface area is 82.8 Å². The summed E-state index contributed by atoms with van der Waals surface area (Å²) in [6, 6.07) is 0. The van der Waals surface area contributed by atoms with Gasteiger partial charge in [-0.15, -0.1) is 0 Å². The molecule has 0 radical (unpaired) electrons. The van der Waals surface area contributed by atoms with Gasteiger partial charge in [-0.1, -0.05) is 12.1 Å². The van der Waals surface area contributed by atoms with Crippen molar-refractivity contribution >= 4 is 11.6 Å². The highest BCUT2D eigenvalue weighted by Crippen LogP contribution is 2.09. The molecule has 0 aliphatic rings. The molecule has 78 valence electrons. The molecule has 0 atom stereocenters. The van der Waals surface area contributed by atoms with Gasteiger partial charge in [0.2, 0.25) is 5.91 Å². The first-order chi connectivity index (χ1) is 6.56. The van der Waals surface area contributed by atoms with E-state index in [2.05, 4.69) is 20.3 Å². The van der Waals surface area contributed by atoms with Gasteiger partial charge in [-0.05, 0) is 20.4 Å². The number of nitrogens with zero attached hydrogens (tertiary/aromatic N) is 1. The average Bonchev–Trinajstić information content (AvgIpc) is 2.56. The van der Waals surface area contributed by atoms with Gasteiger partial charge in [0, 0.05) is 0 Å². The molecule has 0 unspecified atom stereocenters. The number of rotatable bonds is 4. The number of carbonyl (C=O) groups excluding carboxylic acids is 1. The average molecular weight is 197 g/mol. The number of hydrogen-bond donors (Lipinski definition) is 2. The Hall–Kier alpha value is -1.36. The standard InChI is InChI=1S/C9H15N3O2/c1-4-10-9(2,3)8(13)12-7-5-11-14-6-7/h5-6,10H,4H2,1-3H3,(H,12,13). The summed E-state index contributed by atoms with van der Waals surface area (Å²) in [6.07, 6.45) is 2.85. The largest absolute Gasteiger partial charge is 0.363 e. The maximum absolute atomic E-state index is 11.7. The summed E-state index contributed by atoms with van der Waals surface area (Å²) in [5, 5.41) is 9.25. The summed E-state index contributed by atoms with van der Waals surface area (Å²) in [7, 11) is 0. The van der Waals surface area contributed by atoms with E-state index in [4.69, 9.17) is 0 Å². The van der Waals surface area contributed by atoms with Gasteiger partial charge >= 0.3 is 0 Å². The van der Waals surface area contributed by atoms with Crippen LogP contribution in [0.3, 0.4) is 0 Å². The number of likely N-dealkylation sites (N-methyl/N-ethyl adjacent to an activating group) is 1. The summed E-state index contributed by atoms with van der Waals surface area (Å²) in [6.45, 7) is 6.33. The van der Waals surface area contributed by atoms with Gasteiger partial charge in [0.15, 0.2) is 0 Å². The van der Waals surface area contributed by atoms with Crippen LogP contribution in [0.1, 0.15) is 20.8 Å². The number of amides is 1. The fourth-order valence-corrected chi connectivity index (χ4v) is 1.08. The van der Waals surface area contributed by atoms with E-state index >= 15 is 0 Å². The Bertz CT molecular complexity index is 293. The number of hydrogen-bond acceptors (Lipinski definition) is 4. The lowest BCUT2D eigenvalue weighted by molar-refractivity contribution is -0.121. The molecule has 2 N–H and O–H groups in total. The normalized spacial score (nSPS) is 11.4. The van der Waals surface area contributed by atoms with E-state index < -0.39 is 5.54 Å². The molecule has 0 saturated heterocycles. The highest BCUT2D eigenvalue weighted by molar-refractivity contribution is 5.97. The third-order valence-corrected chi connectivity index (χ3v) is 1.88. The molecule has 14 heavy (non-hydrogen) atoms. The molecular formula is C9H15N3O2. The van der Waals surface area contributed by atoms with Gasteiger partial charge in [-0.3, -0.25) is 4.79 Å². The molecule has 0 bridgehead atoms. The summed E-state index contributed by atoms with van der Waals surface area (Å²) in [4.78, 5) is 11.7. The molecule has 5 heteroatoms. The first-order valence-electron chi connectivity index (χ1n) is 4.52. The van der Waals surface area contributed by atoms with E-state index in [0.717, 1.165) is 6.54 Å². The molecule has 5 nitrogen and oxygen atoms in total. The molecule has 0 saturated carbocycles. The molecule has 1 rings (SSSR count). The molecule has 0 aliphatic carbocycles. The quantitative estimate of drug-likeness (QED) is 0.755. The summed E-state index contributed by atoms with van der Waals surface area (Å²) in [5.41, 5.74) is -0.0209. The molecule has 0 aromatic carbocycles. The maximum atomic E-state index is 11.7. The van der Waals surface area contributed by atoms with Crippen LogP contribution in [0.2, 0.25) is 0 Å². The number of anilines is 1. The summed E-state index contributed by atoms with van der Waals surface area (Å²) >= 11 is 0. The smallest absolute Gasteiger partial charge is 0.244 e. The topological polar surface area (TPSA) is 67.2 Å². The molecule has 1 aromatic heterocycles. The Morgan fingerprint density at radius 3 is 2.86 bits per heavy atom. The van der Waals surface area contributed by atoms with E-state index in [1.807, 2.05) is 20.8 Å². The molecule has 0 spiro atoms. The lowest BCUT2D eigenvalue weighted by Crippen LogP contribution is -2.49. The summed E-state index contributed by atoms with van der Waals surface area (Å²) < 4.78 is 4.60. The van der Waals surface area contributed by atoms with Gasteiger partial charge in [-0.25, -0.2) is 0 Å². The lowest BCUT2D eigenvalue weighted by Gasteiger charge is -2.23. The number of nitrogens with one attached hydrogen (secondary N) is 2. The predicted octanol–water partition coefficient (Wildman–Crippen LogP) is 1.00. The van der Waals surface area contributed by atoms with Crippen molar-refractivity contribution in [1.29, 1.82) is 0 Å². The van der Waals surface area contributed by atoms with Crippen molar-refractivity contribution in [3.05, 3.63) is 12.5 Å². The van der Waals surface area contributed by atoms with E-state index in [9.17, 15) is 4.79 Å². The molecular weight excluding hydrogens is 182 g/mol. The van der Waals surface area contributed by atoms with Crippen molar-refractivity contribution in [3.63, 3.8) is 0 Å². The second-order valence-electron chi connectivity index (χ2n) is 3.52. The minimum atomic E-state index is -0.591. The second-order valence-corrected chi connectivity index (χ2v) is 3.52. The molecule has 1 heterocycles. The van der Waals surface area contributed by atoms with Crippen LogP contribution in [0.25, 0.3) is 0 Å². The van der Waals surface area contributed by atoms with Crippen LogP contribution >= 0.6 is 0 Å². The zero-order valence-electron chi connectivity index (χ0n) is 8.63. The van der Waals surface area contributed by atoms with Crippen molar-refractivity contribution in [2.75, 3.05) is 11.9 Å². The highest BCUT2D eigenvalue weighted by atomic mass is 16.5. The first kappa shape index (κ1) is 10.7. The van der Waals surface area contributed by atoms with Gasteiger partial charge in [0.05, 0.1) is 11.7 Å². The fraction of sp³-hybridized carbons (Fsp3) is 0.556. The number of carbonyl (C=O) groups is 1. The fourth-order valence-electron chi connectivity index (χ4n) is 1.08.